The van der Waals surface area contributed by atoms with E-state index in [4.69, 9.17) is 0 Å². The van der Waals surface area contributed by atoms with Crippen molar-refractivity contribution in [3.63, 3.8) is 0 Å². The average Bonchev–Trinajstić information content (AvgIpc) is 2.18. The van der Waals surface area contributed by atoms with Crippen LogP contribution in [0, 0.1) is 24.1 Å². The molecule has 1 N–H and O–H groups in total. The summed E-state index contributed by atoms with van der Waals surface area (Å²) in [6, 6.07) is 5.17. The Morgan fingerprint density at radius 3 is 2.53 bits per heavy atom. The van der Waals surface area contributed by atoms with Crippen LogP contribution in [0.1, 0.15) is 31.4 Å². The first-order chi connectivity index (χ1) is 8.01. The maximum atomic E-state index is 13.1. The van der Waals surface area contributed by atoms with Crippen LogP contribution in [-0.2, 0) is 6.42 Å². The van der Waals surface area contributed by atoms with Gasteiger partial charge in [0.25, 0.3) is 0 Å². The average molecular weight is 235 g/mol. The SMILES string of the molecule is Cc1cc(F)ccc1CC1(CC(C)C)CNC1. The zero-order valence-electron chi connectivity index (χ0n) is 11.0. The monoisotopic (exact) mass is 235 g/mol. The molecular formula is C15H22FN. The molecule has 1 aliphatic heterocycles. The van der Waals surface area contributed by atoms with E-state index in [0.717, 1.165) is 31.0 Å². The third-order valence-corrected chi connectivity index (χ3v) is 3.71. The Balaban J connectivity index is 2.13. The molecule has 17 heavy (non-hydrogen) atoms. The molecular weight excluding hydrogens is 213 g/mol. The Kier molecular flexibility index (Phi) is 3.53. The predicted molar refractivity (Wildman–Crippen MR) is 69.6 cm³/mol. The lowest BCUT2D eigenvalue weighted by molar-refractivity contribution is 0.131. The molecule has 0 saturated carbocycles. The van der Waals surface area contributed by atoms with Crippen molar-refractivity contribution in [1.29, 1.82) is 0 Å². The summed E-state index contributed by atoms with van der Waals surface area (Å²) in [6.07, 6.45) is 2.32. The van der Waals surface area contributed by atoms with Crippen molar-refractivity contribution in [2.45, 2.75) is 33.6 Å². The first-order valence-electron chi connectivity index (χ1n) is 6.46. The number of hydrogen-bond donors (Lipinski definition) is 1. The van der Waals surface area contributed by atoms with E-state index in [1.807, 2.05) is 13.0 Å². The van der Waals surface area contributed by atoms with E-state index in [1.165, 1.54) is 12.0 Å². The van der Waals surface area contributed by atoms with E-state index in [9.17, 15) is 4.39 Å². The minimum Gasteiger partial charge on any atom is -0.316 e. The molecule has 0 bridgehead atoms. The zero-order valence-corrected chi connectivity index (χ0v) is 11.0. The van der Waals surface area contributed by atoms with Crippen LogP contribution in [0.4, 0.5) is 4.39 Å². The quantitative estimate of drug-likeness (QED) is 0.844. The molecule has 1 fully saturated rings. The Morgan fingerprint density at radius 2 is 2.06 bits per heavy atom. The van der Waals surface area contributed by atoms with E-state index < -0.39 is 0 Å². The van der Waals surface area contributed by atoms with Crippen molar-refractivity contribution < 1.29 is 4.39 Å². The summed E-state index contributed by atoms with van der Waals surface area (Å²) in [7, 11) is 0. The van der Waals surface area contributed by atoms with Gasteiger partial charge in [-0.2, -0.15) is 0 Å². The largest absolute Gasteiger partial charge is 0.316 e. The van der Waals surface area contributed by atoms with Gasteiger partial charge in [-0.3, -0.25) is 0 Å². The number of hydrogen-bond acceptors (Lipinski definition) is 1. The fourth-order valence-electron chi connectivity index (χ4n) is 2.95. The molecule has 1 aromatic rings. The molecule has 1 aliphatic rings. The van der Waals surface area contributed by atoms with Gasteiger partial charge in [0.1, 0.15) is 5.82 Å². The van der Waals surface area contributed by atoms with Crippen molar-refractivity contribution in [1.82, 2.24) is 5.32 Å². The highest BCUT2D eigenvalue weighted by molar-refractivity contribution is 5.28. The van der Waals surface area contributed by atoms with Crippen LogP contribution in [-0.4, -0.2) is 13.1 Å². The lowest BCUT2D eigenvalue weighted by atomic mass is 9.70. The highest BCUT2D eigenvalue weighted by Crippen LogP contribution is 2.35. The van der Waals surface area contributed by atoms with E-state index in [0.29, 0.717) is 5.41 Å². The van der Waals surface area contributed by atoms with Crippen LogP contribution in [0.15, 0.2) is 18.2 Å². The molecule has 0 spiro atoms. The van der Waals surface area contributed by atoms with E-state index >= 15 is 0 Å². The third-order valence-electron chi connectivity index (χ3n) is 3.71. The number of halogens is 1. The molecule has 0 atom stereocenters. The topological polar surface area (TPSA) is 12.0 Å². The summed E-state index contributed by atoms with van der Waals surface area (Å²) in [4.78, 5) is 0. The standard InChI is InChI=1S/C15H22FN/c1-11(2)7-15(9-17-10-15)8-13-4-5-14(16)6-12(13)3/h4-6,11,17H,7-10H2,1-3H3. The Labute approximate surface area is 103 Å². The van der Waals surface area contributed by atoms with Crippen molar-refractivity contribution in [2.24, 2.45) is 11.3 Å². The smallest absolute Gasteiger partial charge is 0.123 e. The molecule has 1 heterocycles. The van der Waals surface area contributed by atoms with Crippen LogP contribution in [0.25, 0.3) is 0 Å². The second-order valence-electron chi connectivity index (χ2n) is 5.95. The molecule has 2 heteroatoms. The van der Waals surface area contributed by atoms with Crippen molar-refractivity contribution in [3.05, 3.63) is 35.1 Å². The van der Waals surface area contributed by atoms with Gasteiger partial charge in [0.2, 0.25) is 0 Å². The fourth-order valence-corrected chi connectivity index (χ4v) is 2.95. The van der Waals surface area contributed by atoms with Crippen LogP contribution in [0.3, 0.4) is 0 Å². The van der Waals surface area contributed by atoms with Crippen LogP contribution in [0.2, 0.25) is 0 Å². The number of aryl methyl sites for hydroxylation is 1. The Hall–Kier alpha value is -0.890. The molecule has 0 aliphatic carbocycles. The van der Waals surface area contributed by atoms with Gasteiger partial charge in [0.15, 0.2) is 0 Å². The first-order valence-corrected chi connectivity index (χ1v) is 6.46. The van der Waals surface area contributed by atoms with Gasteiger partial charge in [-0.1, -0.05) is 19.9 Å². The lowest BCUT2D eigenvalue weighted by Crippen LogP contribution is -2.55. The normalized spacial score (nSPS) is 18.2. The maximum absolute atomic E-state index is 13.1. The lowest BCUT2D eigenvalue weighted by Gasteiger charge is -2.44. The Morgan fingerprint density at radius 1 is 1.35 bits per heavy atom. The van der Waals surface area contributed by atoms with E-state index in [1.54, 1.807) is 12.1 Å². The summed E-state index contributed by atoms with van der Waals surface area (Å²) in [5.41, 5.74) is 2.78. The van der Waals surface area contributed by atoms with E-state index in [-0.39, 0.29) is 5.82 Å². The summed E-state index contributed by atoms with van der Waals surface area (Å²) in [6.45, 7) is 8.76. The van der Waals surface area contributed by atoms with Gasteiger partial charge in [-0.15, -0.1) is 0 Å². The van der Waals surface area contributed by atoms with E-state index in [2.05, 4.69) is 19.2 Å². The summed E-state index contributed by atoms with van der Waals surface area (Å²) in [5, 5.41) is 3.38. The van der Waals surface area contributed by atoms with Gasteiger partial charge in [0.05, 0.1) is 0 Å². The van der Waals surface area contributed by atoms with Gasteiger partial charge in [-0.25, -0.2) is 4.39 Å². The molecule has 0 amide bonds. The zero-order chi connectivity index (χ0) is 12.5. The van der Waals surface area contributed by atoms with Gasteiger partial charge >= 0.3 is 0 Å². The Bertz CT molecular complexity index is 394. The van der Waals surface area contributed by atoms with Gasteiger partial charge in [0, 0.05) is 13.1 Å². The number of benzene rings is 1. The maximum Gasteiger partial charge on any atom is 0.123 e. The summed E-state index contributed by atoms with van der Waals surface area (Å²) in [5.74, 6) is 0.591. The van der Waals surface area contributed by atoms with Crippen LogP contribution < -0.4 is 5.32 Å². The highest BCUT2D eigenvalue weighted by atomic mass is 19.1. The molecule has 0 aromatic heterocycles. The molecule has 1 aromatic carbocycles. The van der Waals surface area contributed by atoms with Crippen molar-refractivity contribution in [3.8, 4) is 0 Å². The molecule has 2 rings (SSSR count). The van der Waals surface area contributed by atoms with Gasteiger partial charge < -0.3 is 5.32 Å². The minimum atomic E-state index is -0.129. The number of nitrogens with one attached hydrogen (secondary N) is 1. The van der Waals surface area contributed by atoms with Gasteiger partial charge in [-0.05, 0) is 54.4 Å². The third kappa shape index (κ3) is 2.86. The highest BCUT2D eigenvalue weighted by Gasteiger charge is 2.37. The second kappa shape index (κ2) is 4.77. The predicted octanol–water partition coefficient (Wildman–Crippen LogP) is 3.31. The van der Waals surface area contributed by atoms with Crippen molar-refractivity contribution >= 4 is 0 Å². The minimum absolute atomic E-state index is 0.129. The summed E-state index contributed by atoms with van der Waals surface area (Å²) < 4.78 is 13.1. The van der Waals surface area contributed by atoms with Crippen LogP contribution >= 0.6 is 0 Å². The first kappa shape index (κ1) is 12.6. The molecule has 0 unspecified atom stereocenters. The molecule has 94 valence electrons. The summed E-state index contributed by atoms with van der Waals surface area (Å²) >= 11 is 0. The molecule has 1 saturated heterocycles. The fraction of sp³-hybridized carbons (Fsp3) is 0.600. The van der Waals surface area contributed by atoms with Crippen LogP contribution in [0.5, 0.6) is 0 Å². The number of rotatable bonds is 4. The molecule has 0 radical (unpaired) electrons. The molecule has 1 nitrogen and oxygen atoms in total. The second-order valence-corrected chi connectivity index (χ2v) is 5.95. The van der Waals surface area contributed by atoms with Crippen molar-refractivity contribution in [2.75, 3.05) is 13.1 Å².